The maximum absolute atomic E-state index is 10.9. The first-order valence-electron chi connectivity index (χ1n) is 9.01. The summed E-state index contributed by atoms with van der Waals surface area (Å²) >= 11 is 0. The van der Waals surface area contributed by atoms with Crippen molar-refractivity contribution >= 4 is 0 Å². The first-order chi connectivity index (χ1) is 10.6. The Labute approximate surface area is 140 Å². The maximum Gasteiger partial charge on any atom is 0.113 e. The molecule has 2 N–H and O–H groups in total. The Morgan fingerprint density at radius 1 is 1.22 bits per heavy atom. The molecule has 0 aromatic heterocycles. The minimum Gasteiger partial charge on any atom is -0.390 e. The molecule has 3 heteroatoms. The SMILES string of the molecule is C/C(=C/C=C/C(C)(C)O)[C@@H]1CC[C@]2(C)[C@H](O)[C@@H]3O[C@]3(C)CC[C@@H]12. The summed E-state index contributed by atoms with van der Waals surface area (Å²) in [5, 5.41) is 20.7. The van der Waals surface area contributed by atoms with E-state index in [0.717, 1.165) is 25.7 Å². The van der Waals surface area contributed by atoms with Gasteiger partial charge in [-0.15, -0.1) is 0 Å². The van der Waals surface area contributed by atoms with E-state index >= 15 is 0 Å². The van der Waals surface area contributed by atoms with E-state index in [1.165, 1.54) is 5.57 Å². The van der Waals surface area contributed by atoms with Gasteiger partial charge in [0.25, 0.3) is 0 Å². The molecule has 3 fully saturated rings. The van der Waals surface area contributed by atoms with Gasteiger partial charge in [0.05, 0.1) is 17.3 Å². The Hall–Kier alpha value is -0.640. The molecule has 0 aromatic carbocycles. The number of ether oxygens (including phenoxy) is 1. The molecule has 3 nitrogen and oxygen atoms in total. The highest BCUT2D eigenvalue weighted by Crippen LogP contribution is 2.61. The van der Waals surface area contributed by atoms with Gasteiger partial charge in [-0.05, 0) is 70.6 Å². The first kappa shape index (κ1) is 17.2. The molecule has 2 saturated carbocycles. The fraction of sp³-hybridized carbons (Fsp3) is 0.800. The van der Waals surface area contributed by atoms with E-state index in [0.29, 0.717) is 11.8 Å². The predicted molar refractivity (Wildman–Crippen MR) is 92.0 cm³/mol. The van der Waals surface area contributed by atoms with E-state index in [9.17, 15) is 10.2 Å². The number of allylic oxidation sites excluding steroid dienone is 3. The second-order valence-corrected chi connectivity index (χ2v) is 9.02. The molecule has 0 bridgehead atoms. The smallest absolute Gasteiger partial charge is 0.113 e. The summed E-state index contributed by atoms with van der Waals surface area (Å²) in [6.45, 7) is 10.2. The van der Waals surface area contributed by atoms with E-state index in [2.05, 4.69) is 26.8 Å². The summed E-state index contributed by atoms with van der Waals surface area (Å²) in [4.78, 5) is 0. The lowest BCUT2D eigenvalue weighted by Gasteiger charge is -2.37. The van der Waals surface area contributed by atoms with Crippen molar-refractivity contribution in [3.63, 3.8) is 0 Å². The molecule has 1 aliphatic heterocycles. The minimum atomic E-state index is -0.771. The van der Waals surface area contributed by atoms with Crippen molar-refractivity contribution in [1.82, 2.24) is 0 Å². The summed E-state index contributed by atoms with van der Waals surface area (Å²) in [6.07, 6.45) is 10.0. The van der Waals surface area contributed by atoms with Gasteiger partial charge in [-0.2, -0.15) is 0 Å². The summed E-state index contributed by atoms with van der Waals surface area (Å²) in [7, 11) is 0. The van der Waals surface area contributed by atoms with Crippen LogP contribution in [0.3, 0.4) is 0 Å². The Bertz CT molecular complexity index is 529. The van der Waals surface area contributed by atoms with E-state index < -0.39 is 5.60 Å². The summed E-state index contributed by atoms with van der Waals surface area (Å²) < 4.78 is 5.83. The van der Waals surface area contributed by atoms with Crippen molar-refractivity contribution < 1.29 is 14.9 Å². The number of rotatable bonds is 3. The summed E-state index contributed by atoms with van der Waals surface area (Å²) in [5.74, 6) is 1.06. The van der Waals surface area contributed by atoms with Gasteiger partial charge in [0.2, 0.25) is 0 Å². The molecule has 1 heterocycles. The van der Waals surface area contributed by atoms with Crippen LogP contribution in [0.5, 0.6) is 0 Å². The van der Waals surface area contributed by atoms with Gasteiger partial charge in [0, 0.05) is 0 Å². The highest BCUT2D eigenvalue weighted by atomic mass is 16.6. The van der Waals surface area contributed by atoms with E-state index in [4.69, 9.17) is 4.74 Å². The zero-order chi connectivity index (χ0) is 17.0. The number of aliphatic hydroxyl groups excluding tert-OH is 1. The van der Waals surface area contributed by atoms with E-state index in [-0.39, 0.29) is 23.2 Å². The molecule has 1 saturated heterocycles. The maximum atomic E-state index is 10.9. The topological polar surface area (TPSA) is 53.0 Å². The van der Waals surface area contributed by atoms with Gasteiger partial charge in [-0.3, -0.25) is 0 Å². The quantitative estimate of drug-likeness (QED) is 0.617. The molecule has 3 rings (SSSR count). The van der Waals surface area contributed by atoms with Crippen molar-refractivity contribution in [3.05, 3.63) is 23.8 Å². The highest BCUT2D eigenvalue weighted by Gasteiger charge is 2.65. The predicted octanol–water partition coefficient (Wildman–Crippen LogP) is 3.60. The number of hydrogen-bond acceptors (Lipinski definition) is 3. The molecular weight excluding hydrogens is 288 g/mol. The molecule has 0 unspecified atom stereocenters. The van der Waals surface area contributed by atoms with Gasteiger partial charge in [-0.1, -0.05) is 30.7 Å². The van der Waals surface area contributed by atoms with Crippen LogP contribution in [-0.2, 0) is 4.74 Å². The van der Waals surface area contributed by atoms with Crippen LogP contribution in [0.25, 0.3) is 0 Å². The Balaban J connectivity index is 1.78. The van der Waals surface area contributed by atoms with E-state index in [1.807, 2.05) is 12.2 Å². The standard InChI is InChI=1S/C20H32O3/c1-13(7-6-10-18(2,3)22)14-8-11-19(4)15(14)9-12-20(5)17(23-20)16(19)21/h6-7,10,14-17,21-22H,8-9,11-12H2,1-5H3/b10-6+,13-7-/t14-,15-,16+,17-,19-,20+/m0/s1. The van der Waals surface area contributed by atoms with Gasteiger partial charge in [-0.25, -0.2) is 0 Å². The molecule has 23 heavy (non-hydrogen) atoms. The molecular formula is C20H32O3. The van der Waals surface area contributed by atoms with Crippen molar-refractivity contribution in [3.8, 4) is 0 Å². The average Bonchev–Trinajstić information content (AvgIpc) is 2.99. The van der Waals surface area contributed by atoms with Gasteiger partial charge >= 0.3 is 0 Å². The third-order valence-electron chi connectivity index (χ3n) is 6.63. The van der Waals surface area contributed by atoms with Crippen LogP contribution in [0, 0.1) is 17.3 Å². The Morgan fingerprint density at radius 3 is 2.57 bits per heavy atom. The second-order valence-electron chi connectivity index (χ2n) is 9.02. The van der Waals surface area contributed by atoms with Crippen molar-refractivity contribution in [2.24, 2.45) is 17.3 Å². The zero-order valence-corrected chi connectivity index (χ0v) is 15.2. The second kappa shape index (κ2) is 5.44. The van der Waals surface area contributed by atoms with Gasteiger partial charge in [0.1, 0.15) is 6.10 Å². The fourth-order valence-electron chi connectivity index (χ4n) is 4.96. The van der Waals surface area contributed by atoms with Crippen LogP contribution in [0.15, 0.2) is 23.8 Å². The third-order valence-corrected chi connectivity index (χ3v) is 6.63. The van der Waals surface area contributed by atoms with Crippen LogP contribution in [0.1, 0.15) is 60.3 Å². The molecule has 130 valence electrons. The average molecular weight is 320 g/mol. The van der Waals surface area contributed by atoms with Crippen LogP contribution in [0.4, 0.5) is 0 Å². The van der Waals surface area contributed by atoms with Gasteiger partial charge < -0.3 is 14.9 Å². The van der Waals surface area contributed by atoms with E-state index in [1.54, 1.807) is 13.8 Å². The molecule has 2 aliphatic carbocycles. The molecule has 0 aromatic rings. The normalized spacial score (nSPS) is 47.3. The van der Waals surface area contributed by atoms with Crippen molar-refractivity contribution in [2.45, 2.75) is 83.7 Å². The Kier molecular flexibility index (Phi) is 4.06. The van der Waals surface area contributed by atoms with Crippen molar-refractivity contribution in [2.75, 3.05) is 0 Å². The third kappa shape index (κ3) is 3.04. The molecule has 0 amide bonds. The highest BCUT2D eigenvalue weighted by molar-refractivity contribution is 5.22. The number of hydrogen-bond donors (Lipinski definition) is 2. The monoisotopic (exact) mass is 320 g/mol. The number of fused-ring (bicyclic) bond motifs is 2. The summed E-state index contributed by atoms with van der Waals surface area (Å²) in [6, 6.07) is 0. The first-order valence-corrected chi connectivity index (χ1v) is 9.01. The zero-order valence-electron chi connectivity index (χ0n) is 15.2. The molecule has 3 aliphatic rings. The number of aliphatic hydroxyl groups is 2. The largest absolute Gasteiger partial charge is 0.390 e. The van der Waals surface area contributed by atoms with Crippen LogP contribution < -0.4 is 0 Å². The Morgan fingerprint density at radius 2 is 1.91 bits per heavy atom. The lowest BCUT2D eigenvalue weighted by atomic mass is 9.70. The number of epoxide rings is 1. The lowest BCUT2D eigenvalue weighted by Crippen LogP contribution is -2.40. The fourth-order valence-corrected chi connectivity index (χ4v) is 4.96. The van der Waals surface area contributed by atoms with Crippen LogP contribution in [-0.4, -0.2) is 33.6 Å². The van der Waals surface area contributed by atoms with Crippen LogP contribution in [0.2, 0.25) is 0 Å². The minimum absolute atomic E-state index is 0.0291. The molecule has 6 atom stereocenters. The van der Waals surface area contributed by atoms with Crippen molar-refractivity contribution in [1.29, 1.82) is 0 Å². The molecule has 0 spiro atoms. The lowest BCUT2D eigenvalue weighted by molar-refractivity contribution is -0.0165. The van der Waals surface area contributed by atoms with Gasteiger partial charge in [0.15, 0.2) is 0 Å². The summed E-state index contributed by atoms with van der Waals surface area (Å²) in [5.41, 5.74) is 0.481. The molecule has 0 radical (unpaired) electrons. The van der Waals surface area contributed by atoms with Crippen LogP contribution >= 0.6 is 0 Å².